The number of rotatable bonds is 1. The van der Waals surface area contributed by atoms with Crippen LogP contribution in [0.3, 0.4) is 0 Å². The molecule has 3 amide bonds. The lowest BCUT2D eigenvalue weighted by Gasteiger charge is -2.44. The van der Waals surface area contributed by atoms with Crippen LogP contribution in [0.4, 0.5) is 4.79 Å². The maximum Gasteiger partial charge on any atom is 0.319 e. The van der Waals surface area contributed by atoms with Crippen molar-refractivity contribution in [2.24, 2.45) is 0 Å². The standard InChI is InChI=1S/C16H21N3O5S/c1-17(2)16(22)19-7-6-18(13-9-25(23,24)10-14(13)19)15(21)11-4-3-5-12(20)8-11/h3-5,8,13-14,20H,6-7,9-10H2,1-2H3/t13-,14+/m1/s1. The van der Waals surface area contributed by atoms with Gasteiger partial charge in [0.15, 0.2) is 9.84 Å². The highest BCUT2D eigenvalue weighted by Crippen LogP contribution is 2.29. The number of phenols is 1. The topological polar surface area (TPSA) is 98.2 Å². The Labute approximate surface area is 146 Å². The lowest BCUT2D eigenvalue weighted by atomic mass is 10.0. The van der Waals surface area contributed by atoms with Crippen LogP contribution >= 0.6 is 0 Å². The number of benzene rings is 1. The van der Waals surface area contributed by atoms with E-state index in [1.165, 1.54) is 21.9 Å². The van der Waals surface area contributed by atoms with Crippen LogP contribution in [0.25, 0.3) is 0 Å². The van der Waals surface area contributed by atoms with E-state index in [4.69, 9.17) is 0 Å². The fourth-order valence-corrected chi connectivity index (χ4v) is 5.49. The van der Waals surface area contributed by atoms with Crippen molar-refractivity contribution in [2.45, 2.75) is 12.1 Å². The minimum absolute atomic E-state index is 0.0251. The van der Waals surface area contributed by atoms with Gasteiger partial charge in [0, 0.05) is 32.7 Å². The van der Waals surface area contributed by atoms with Crippen LogP contribution in [0.1, 0.15) is 10.4 Å². The molecule has 1 N–H and O–H groups in total. The van der Waals surface area contributed by atoms with E-state index >= 15 is 0 Å². The van der Waals surface area contributed by atoms with Crippen molar-refractivity contribution in [2.75, 3.05) is 38.7 Å². The summed E-state index contributed by atoms with van der Waals surface area (Å²) in [5.74, 6) is -0.650. The van der Waals surface area contributed by atoms with E-state index in [2.05, 4.69) is 0 Å². The number of hydrogen-bond donors (Lipinski definition) is 1. The van der Waals surface area contributed by atoms with E-state index < -0.39 is 21.9 Å². The quantitative estimate of drug-likeness (QED) is 0.753. The van der Waals surface area contributed by atoms with Gasteiger partial charge >= 0.3 is 6.03 Å². The third-order valence-corrected chi connectivity index (χ3v) is 6.36. The molecule has 1 aromatic carbocycles. The molecule has 136 valence electrons. The van der Waals surface area contributed by atoms with E-state index in [1.807, 2.05) is 0 Å². The lowest BCUT2D eigenvalue weighted by molar-refractivity contribution is 0.0393. The van der Waals surface area contributed by atoms with Crippen LogP contribution in [-0.4, -0.2) is 90.9 Å². The van der Waals surface area contributed by atoms with Crippen molar-refractivity contribution < 1.29 is 23.1 Å². The molecule has 0 bridgehead atoms. The molecule has 9 heteroatoms. The summed E-state index contributed by atoms with van der Waals surface area (Å²) in [6, 6.07) is 4.60. The molecule has 0 radical (unpaired) electrons. The second kappa shape index (κ2) is 6.21. The first-order valence-corrected chi connectivity index (χ1v) is 9.80. The SMILES string of the molecule is CN(C)C(=O)N1CCN(C(=O)c2cccc(O)c2)[C@@H]2CS(=O)(=O)C[C@@H]21. The zero-order valence-corrected chi connectivity index (χ0v) is 14.9. The van der Waals surface area contributed by atoms with Crippen LogP contribution in [-0.2, 0) is 9.84 Å². The molecule has 2 aliphatic heterocycles. The van der Waals surface area contributed by atoms with Gasteiger partial charge in [-0.3, -0.25) is 4.79 Å². The summed E-state index contributed by atoms with van der Waals surface area (Å²) in [5, 5.41) is 9.58. The summed E-state index contributed by atoms with van der Waals surface area (Å²) in [5.41, 5.74) is 0.301. The summed E-state index contributed by atoms with van der Waals surface area (Å²) in [6.07, 6.45) is 0. The van der Waals surface area contributed by atoms with Crippen LogP contribution in [0.15, 0.2) is 24.3 Å². The highest BCUT2D eigenvalue weighted by atomic mass is 32.2. The maximum absolute atomic E-state index is 12.8. The van der Waals surface area contributed by atoms with Crippen LogP contribution in [0.2, 0.25) is 0 Å². The number of urea groups is 1. The Bertz CT molecular complexity index is 808. The Morgan fingerprint density at radius 1 is 1.12 bits per heavy atom. The number of phenolic OH excluding ortho intramolecular Hbond substituents is 1. The van der Waals surface area contributed by atoms with Crippen molar-refractivity contribution >= 4 is 21.8 Å². The van der Waals surface area contributed by atoms with E-state index in [9.17, 15) is 23.1 Å². The number of sulfone groups is 1. The lowest BCUT2D eigenvalue weighted by Crippen LogP contribution is -2.63. The molecule has 0 aromatic heterocycles. The Morgan fingerprint density at radius 3 is 2.32 bits per heavy atom. The monoisotopic (exact) mass is 367 g/mol. The van der Waals surface area contributed by atoms with Crippen LogP contribution in [0.5, 0.6) is 5.75 Å². The van der Waals surface area contributed by atoms with Gasteiger partial charge in [-0.15, -0.1) is 0 Å². The largest absolute Gasteiger partial charge is 0.508 e. The maximum atomic E-state index is 12.8. The zero-order valence-electron chi connectivity index (χ0n) is 14.1. The van der Waals surface area contributed by atoms with E-state index in [0.29, 0.717) is 5.56 Å². The van der Waals surface area contributed by atoms with Gasteiger partial charge in [0.05, 0.1) is 23.6 Å². The molecular formula is C16H21N3O5S. The van der Waals surface area contributed by atoms with Gasteiger partial charge in [0.25, 0.3) is 5.91 Å². The van der Waals surface area contributed by atoms with Crippen molar-refractivity contribution in [1.82, 2.24) is 14.7 Å². The van der Waals surface area contributed by atoms with E-state index in [1.54, 1.807) is 31.1 Å². The van der Waals surface area contributed by atoms with Crippen molar-refractivity contribution in [1.29, 1.82) is 0 Å². The van der Waals surface area contributed by atoms with Crippen molar-refractivity contribution in [3.63, 3.8) is 0 Å². The number of fused-ring (bicyclic) bond motifs is 1. The number of carbonyl (C=O) groups excluding carboxylic acids is 2. The molecule has 0 spiro atoms. The van der Waals surface area contributed by atoms with E-state index in [0.717, 1.165) is 0 Å². The van der Waals surface area contributed by atoms with Crippen molar-refractivity contribution in [3.8, 4) is 5.75 Å². The molecular weight excluding hydrogens is 346 g/mol. The molecule has 8 nitrogen and oxygen atoms in total. The van der Waals surface area contributed by atoms with Gasteiger partial charge < -0.3 is 19.8 Å². The van der Waals surface area contributed by atoms with Crippen LogP contribution in [0, 0.1) is 0 Å². The number of carbonyl (C=O) groups is 2. The van der Waals surface area contributed by atoms with Crippen LogP contribution < -0.4 is 0 Å². The van der Waals surface area contributed by atoms with Gasteiger partial charge in [0.1, 0.15) is 5.75 Å². The van der Waals surface area contributed by atoms with Crippen molar-refractivity contribution in [3.05, 3.63) is 29.8 Å². The predicted molar refractivity (Wildman–Crippen MR) is 91.2 cm³/mol. The van der Waals surface area contributed by atoms with Gasteiger partial charge in [-0.2, -0.15) is 0 Å². The Kier molecular flexibility index (Phi) is 4.36. The summed E-state index contributed by atoms with van der Waals surface area (Å²) < 4.78 is 24.3. The normalized spacial score (nSPS) is 24.7. The summed E-state index contributed by atoms with van der Waals surface area (Å²) in [7, 11) is -0.101. The molecule has 1 aromatic rings. The third kappa shape index (κ3) is 3.28. The first-order valence-electron chi connectivity index (χ1n) is 7.98. The summed E-state index contributed by atoms with van der Waals surface area (Å²) >= 11 is 0. The molecule has 25 heavy (non-hydrogen) atoms. The van der Waals surface area contributed by atoms with E-state index in [-0.39, 0.29) is 42.3 Å². The molecule has 0 saturated carbocycles. The minimum Gasteiger partial charge on any atom is -0.508 e. The number of amides is 3. The Morgan fingerprint density at radius 2 is 1.72 bits per heavy atom. The number of piperazine rings is 1. The summed E-state index contributed by atoms with van der Waals surface area (Å²) in [6.45, 7) is 0.531. The van der Waals surface area contributed by atoms with Gasteiger partial charge in [-0.1, -0.05) is 6.07 Å². The first kappa shape index (κ1) is 17.5. The number of aromatic hydroxyl groups is 1. The minimum atomic E-state index is -3.33. The highest BCUT2D eigenvalue weighted by Gasteiger charge is 2.49. The molecule has 2 saturated heterocycles. The second-order valence-corrected chi connectivity index (χ2v) is 8.78. The highest BCUT2D eigenvalue weighted by molar-refractivity contribution is 7.91. The molecule has 3 rings (SSSR count). The molecule has 0 unspecified atom stereocenters. The average Bonchev–Trinajstić information content (AvgIpc) is 2.87. The predicted octanol–water partition coefficient (Wildman–Crippen LogP) is -0.00280. The second-order valence-electron chi connectivity index (χ2n) is 6.63. The Hall–Kier alpha value is -2.29. The number of nitrogens with zero attached hydrogens (tertiary/aromatic N) is 3. The summed E-state index contributed by atoms with van der Waals surface area (Å²) in [4.78, 5) is 29.7. The Balaban J connectivity index is 1.91. The first-order chi connectivity index (χ1) is 11.7. The molecule has 2 fully saturated rings. The molecule has 2 heterocycles. The fraction of sp³-hybridized carbons (Fsp3) is 0.500. The fourth-order valence-electron chi connectivity index (χ4n) is 3.50. The van der Waals surface area contributed by atoms with Gasteiger partial charge in [-0.25, -0.2) is 13.2 Å². The zero-order chi connectivity index (χ0) is 18.4. The molecule has 0 aliphatic carbocycles. The third-order valence-electron chi connectivity index (χ3n) is 4.66. The number of hydrogen-bond acceptors (Lipinski definition) is 5. The average molecular weight is 367 g/mol. The van der Waals surface area contributed by atoms with Gasteiger partial charge in [0.2, 0.25) is 0 Å². The molecule has 2 aliphatic rings. The smallest absolute Gasteiger partial charge is 0.319 e. The molecule has 2 atom stereocenters. The van der Waals surface area contributed by atoms with Gasteiger partial charge in [-0.05, 0) is 18.2 Å².